The third kappa shape index (κ3) is 3.25. The van der Waals surface area contributed by atoms with E-state index in [2.05, 4.69) is 4.98 Å². The van der Waals surface area contributed by atoms with E-state index < -0.39 is 0 Å². The van der Waals surface area contributed by atoms with Crippen molar-refractivity contribution in [3.8, 4) is 0 Å². The summed E-state index contributed by atoms with van der Waals surface area (Å²) in [6.07, 6.45) is 2.89. The normalized spacial score (nSPS) is 17.0. The molecule has 1 fully saturated rings. The Morgan fingerprint density at radius 2 is 1.96 bits per heavy atom. The number of nitrogens with zero attached hydrogens (tertiary/aromatic N) is 2. The summed E-state index contributed by atoms with van der Waals surface area (Å²) in [6, 6.07) is 9.11. The number of hydrogen-bond acceptors (Lipinski definition) is 5. The number of likely N-dealkylation sites (tertiary alicyclic amines) is 1. The highest BCUT2D eigenvalue weighted by atomic mass is 35.5. The molecule has 5 N–H and O–H groups in total. The van der Waals surface area contributed by atoms with Crippen molar-refractivity contribution in [1.82, 2.24) is 9.88 Å². The van der Waals surface area contributed by atoms with Gasteiger partial charge in [0.05, 0.1) is 6.04 Å². The van der Waals surface area contributed by atoms with E-state index in [9.17, 15) is 0 Å². The van der Waals surface area contributed by atoms with E-state index in [1.807, 2.05) is 24.3 Å². The Labute approximate surface area is 151 Å². The van der Waals surface area contributed by atoms with E-state index in [-0.39, 0.29) is 17.7 Å². The first kappa shape index (κ1) is 17.1. The number of nitrogens with two attached hydrogens (primary N) is 1. The average Bonchev–Trinajstić information content (AvgIpc) is 2.96. The van der Waals surface area contributed by atoms with Gasteiger partial charge in [-0.3, -0.25) is 10.8 Å². The molecular formula is C18H19ClN6. The summed E-state index contributed by atoms with van der Waals surface area (Å²) in [5.74, 6) is 0.863. The second-order valence-corrected chi connectivity index (χ2v) is 6.49. The minimum Gasteiger partial charge on any atom is -0.383 e. The molecule has 1 aliphatic heterocycles. The standard InChI is InChI=1S/C18H19ClN6/c1-10(20)14-8-12(9-24-17(14)22)18(23)25-15(6-7-16(25)21)11-2-4-13(19)5-3-11/h2-5,8-9,15,20-21,23H,6-7H2,1H3,(H2,22,24). The van der Waals surface area contributed by atoms with Gasteiger partial charge in [-0.25, -0.2) is 4.98 Å². The van der Waals surface area contributed by atoms with Gasteiger partial charge in [0.1, 0.15) is 17.5 Å². The van der Waals surface area contributed by atoms with Gasteiger partial charge in [-0.2, -0.15) is 0 Å². The number of anilines is 1. The third-order valence-corrected chi connectivity index (χ3v) is 4.60. The van der Waals surface area contributed by atoms with Gasteiger partial charge in [0.25, 0.3) is 0 Å². The second kappa shape index (κ2) is 6.64. The minimum atomic E-state index is -0.0839. The van der Waals surface area contributed by atoms with E-state index in [4.69, 9.17) is 33.6 Å². The van der Waals surface area contributed by atoms with Gasteiger partial charge in [-0.15, -0.1) is 0 Å². The minimum absolute atomic E-state index is 0.0839. The number of nitrogen functional groups attached to an aromatic ring is 1. The van der Waals surface area contributed by atoms with E-state index in [1.165, 1.54) is 6.20 Å². The summed E-state index contributed by atoms with van der Waals surface area (Å²) in [4.78, 5) is 5.82. The Bertz CT molecular complexity index is 858. The fraction of sp³-hybridized carbons (Fsp3) is 0.222. The topological polar surface area (TPSA) is 114 Å². The number of aromatic nitrogens is 1. The monoisotopic (exact) mass is 354 g/mol. The van der Waals surface area contributed by atoms with Crippen LogP contribution < -0.4 is 5.73 Å². The molecule has 0 bridgehead atoms. The maximum absolute atomic E-state index is 8.60. The molecule has 2 heterocycles. The Hall–Kier alpha value is -2.73. The molecule has 2 aromatic rings. The zero-order chi connectivity index (χ0) is 18.1. The highest BCUT2D eigenvalue weighted by Gasteiger charge is 2.33. The summed E-state index contributed by atoms with van der Waals surface area (Å²) < 4.78 is 0. The predicted molar refractivity (Wildman–Crippen MR) is 101 cm³/mol. The van der Waals surface area contributed by atoms with Gasteiger partial charge < -0.3 is 16.0 Å². The first-order valence-electron chi connectivity index (χ1n) is 7.90. The zero-order valence-electron chi connectivity index (χ0n) is 13.8. The van der Waals surface area contributed by atoms with E-state index in [0.717, 1.165) is 12.0 Å². The molecule has 128 valence electrons. The molecular weight excluding hydrogens is 336 g/mol. The molecule has 25 heavy (non-hydrogen) atoms. The lowest BCUT2D eigenvalue weighted by Crippen LogP contribution is -2.34. The van der Waals surface area contributed by atoms with Gasteiger partial charge in [0.15, 0.2) is 0 Å². The number of benzene rings is 1. The maximum atomic E-state index is 8.60. The van der Waals surface area contributed by atoms with Gasteiger partial charge in [-0.1, -0.05) is 23.7 Å². The molecule has 1 unspecified atom stereocenters. The summed E-state index contributed by atoms with van der Waals surface area (Å²) >= 11 is 5.97. The zero-order valence-corrected chi connectivity index (χ0v) is 14.6. The van der Waals surface area contributed by atoms with Crippen molar-refractivity contribution in [2.24, 2.45) is 0 Å². The quantitative estimate of drug-likeness (QED) is 0.495. The fourth-order valence-electron chi connectivity index (χ4n) is 3.05. The lowest BCUT2D eigenvalue weighted by molar-refractivity contribution is 0.480. The van der Waals surface area contributed by atoms with Crippen molar-refractivity contribution in [3.63, 3.8) is 0 Å². The number of hydrogen-bond donors (Lipinski definition) is 4. The predicted octanol–water partition coefficient (Wildman–Crippen LogP) is 3.84. The largest absolute Gasteiger partial charge is 0.383 e. The van der Waals surface area contributed by atoms with Gasteiger partial charge in [0.2, 0.25) is 0 Å². The van der Waals surface area contributed by atoms with Crippen LogP contribution >= 0.6 is 11.6 Å². The Morgan fingerprint density at radius 3 is 2.60 bits per heavy atom. The average molecular weight is 355 g/mol. The molecule has 0 amide bonds. The molecule has 1 atom stereocenters. The van der Waals surface area contributed by atoms with Crippen LogP contribution in [0.4, 0.5) is 5.82 Å². The number of amidine groups is 2. The fourth-order valence-corrected chi connectivity index (χ4v) is 3.17. The van der Waals surface area contributed by atoms with Gasteiger partial charge in [-0.05, 0) is 37.1 Å². The van der Waals surface area contributed by atoms with Crippen LogP contribution in [0.1, 0.15) is 42.5 Å². The number of pyridine rings is 1. The number of halogens is 1. The van der Waals surface area contributed by atoms with Crippen molar-refractivity contribution in [2.45, 2.75) is 25.8 Å². The van der Waals surface area contributed by atoms with Crippen LogP contribution in [-0.2, 0) is 0 Å². The lowest BCUT2D eigenvalue weighted by atomic mass is 10.0. The van der Waals surface area contributed by atoms with Crippen molar-refractivity contribution in [1.29, 1.82) is 16.2 Å². The van der Waals surface area contributed by atoms with Crippen LogP contribution in [0.3, 0.4) is 0 Å². The number of rotatable bonds is 3. The Balaban J connectivity index is 1.96. The summed E-state index contributed by atoms with van der Waals surface area (Å²) in [6.45, 7) is 1.63. The van der Waals surface area contributed by atoms with Crippen LogP contribution in [0.5, 0.6) is 0 Å². The molecule has 7 heteroatoms. The Morgan fingerprint density at radius 1 is 1.28 bits per heavy atom. The van der Waals surface area contributed by atoms with Crippen LogP contribution in [0.15, 0.2) is 36.5 Å². The third-order valence-electron chi connectivity index (χ3n) is 4.35. The highest BCUT2D eigenvalue weighted by Crippen LogP contribution is 2.34. The molecule has 0 spiro atoms. The maximum Gasteiger partial charge on any atom is 0.135 e. The van der Waals surface area contributed by atoms with Gasteiger partial charge >= 0.3 is 0 Å². The first-order chi connectivity index (χ1) is 11.9. The lowest BCUT2D eigenvalue weighted by Gasteiger charge is -2.27. The molecule has 0 aliphatic carbocycles. The molecule has 1 aromatic heterocycles. The highest BCUT2D eigenvalue weighted by molar-refractivity contribution is 6.30. The molecule has 6 nitrogen and oxygen atoms in total. The molecule has 0 saturated carbocycles. The first-order valence-corrected chi connectivity index (χ1v) is 8.28. The number of nitrogens with one attached hydrogen (secondary N) is 3. The second-order valence-electron chi connectivity index (χ2n) is 6.05. The smallest absolute Gasteiger partial charge is 0.135 e. The van der Waals surface area contributed by atoms with Crippen molar-refractivity contribution >= 4 is 34.8 Å². The van der Waals surface area contributed by atoms with E-state index >= 15 is 0 Å². The Kier molecular flexibility index (Phi) is 4.55. The van der Waals surface area contributed by atoms with Crippen LogP contribution in [-0.4, -0.2) is 27.3 Å². The summed E-state index contributed by atoms with van der Waals surface area (Å²) in [5.41, 5.74) is 8.18. The van der Waals surface area contributed by atoms with Crippen LogP contribution in [0, 0.1) is 16.2 Å². The van der Waals surface area contributed by atoms with Crippen LogP contribution in [0.2, 0.25) is 5.02 Å². The molecule has 1 aromatic carbocycles. The molecule has 1 saturated heterocycles. The molecule has 3 rings (SSSR count). The molecule has 1 aliphatic rings. The van der Waals surface area contributed by atoms with Crippen LogP contribution in [0.25, 0.3) is 0 Å². The van der Waals surface area contributed by atoms with E-state index in [1.54, 1.807) is 17.9 Å². The van der Waals surface area contributed by atoms with Crippen molar-refractivity contribution in [3.05, 3.63) is 58.2 Å². The summed E-state index contributed by atoms with van der Waals surface area (Å²) in [5, 5.41) is 25.3. The summed E-state index contributed by atoms with van der Waals surface area (Å²) in [7, 11) is 0. The van der Waals surface area contributed by atoms with Crippen molar-refractivity contribution in [2.75, 3.05) is 5.73 Å². The van der Waals surface area contributed by atoms with E-state index in [0.29, 0.717) is 34.1 Å². The van der Waals surface area contributed by atoms with Crippen molar-refractivity contribution < 1.29 is 0 Å². The SMILES string of the molecule is CC(=N)c1cc(C(=N)N2C(=N)CCC2c2ccc(Cl)cc2)cnc1N. The molecule has 0 radical (unpaired) electrons. The van der Waals surface area contributed by atoms with Gasteiger partial charge in [0, 0.05) is 34.5 Å².